The second-order valence-corrected chi connectivity index (χ2v) is 9.12. The molecule has 2 N–H and O–H groups in total. The molecule has 1 aliphatic heterocycles. The summed E-state index contributed by atoms with van der Waals surface area (Å²) in [4.78, 5) is 0. The smallest absolute Gasteiger partial charge is 0.371 e. The van der Waals surface area contributed by atoms with E-state index >= 15 is 0 Å². The Bertz CT molecular complexity index is 681. The zero-order valence-electron chi connectivity index (χ0n) is 18.6. The normalized spacial score (nSPS) is 25.5. The molecule has 0 amide bonds. The molecule has 1 fully saturated rings. The third kappa shape index (κ3) is 5.56. The Hall–Kier alpha value is -1.12. The minimum absolute atomic E-state index is 0.127. The van der Waals surface area contributed by atoms with E-state index in [0.717, 1.165) is 64.5 Å². The first-order valence-electron chi connectivity index (χ1n) is 11.4. The van der Waals surface area contributed by atoms with Gasteiger partial charge in [-0.15, -0.1) is 0 Å². The second-order valence-electron chi connectivity index (χ2n) is 9.12. The van der Waals surface area contributed by atoms with Gasteiger partial charge in [0.15, 0.2) is 0 Å². The minimum Gasteiger partial charge on any atom is -0.371 e. The number of aryl methyl sites for hydroxylation is 1. The minimum atomic E-state index is -4.25. The summed E-state index contributed by atoms with van der Waals surface area (Å²) in [7, 11) is 3.95. The van der Waals surface area contributed by atoms with E-state index in [0.29, 0.717) is 12.0 Å². The lowest BCUT2D eigenvalue weighted by Crippen LogP contribution is -2.37. The third-order valence-corrected chi connectivity index (χ3v) is 7.14. The molecular formula is C22H37F3N4O. The molecule has 0 saturated heterocycles. The van der Waals surface area contributed by atoms with Crippen LogP contribution in [0.15, 0.2) is 0 Å². The van der Waals surface area contributed by atoms with E-state index in [1.807, 2.05) is 14.1 Å². The van der Waals surface area contributed by atoms with Crippen molar-refractivity contribution in [2.75, 3.05) is 33.9 Å². The van der Waals surface area contributed by atoms with E-state index in [1.54, 1.807) is 0 Å². The van der Waals surface area contributed by atoms with Crippen molar-refractivity contribution in [1.29, 1.82) is 0 Å². The van der Waals surface area contributed by atoms with Crippen molar-refractivity contribution in [2.45, 2.75) is 83.0 Å². The van der Waals surface area contributed by atoms with E-state index in [4.69, 9.17) is 9.84 Å². The highest BCUT2D eigenvalue weighted by molar-refractivity contribution is 5.33. The first-order chi connectivity index (χ1) is 14.3. The van der Waals surface area contributed by atoms with Gasteiger partial charge in [-0.25, -0.2) is 0 Å². The van der Waals surface area contributed by atoms with E-state index in [9.17, 15) is 13.2 Å². The Morgan fingerprint density at radius 2 is 2.00 bits per heavy atom. The van der Waals surface area contributed by atoms with Crippen LogP contribution in [-0.4, -0.2) is 55.9 Å². The molecule has 0 aromatic carbocycles. The number of halogens is 3. The predicted molar refractivity (Wildman–Crippen MR) is 112 cm³/mol. The molecule has 1 aromatic rings. The van der Waals surface area contributed by atoms with Gasteiger partial charge < -0.3 is 15.4 Å². The molecule has 1 aliphatic carbocycles. The van der Waals surface area contributed by atoms with E-state index in [1.165, 1.54) is 17.0 Å². The van der Waals surface area contributed by atoms with Gasteiger partial charge in [-0.2, -0.15) is 18.3 Å². The van der Waals surface area contributed by atoms with Gasteiger partial charge in [0.25, 0.3) is 0 Å². The van der Waals surface area contributed by atoms with Gasteiger partial charge in [0.2, 0.25) is 0 Å². The van der Waals surface area contributed by atoms with Gasteiger partial charge in [-0.1, -0.05) is 6.92 Å². The fourth-order valence-corrected chi connectivity index (χ4v) is 5.29. The Morgan fingerprint density at radius 3 is 2.60 bits per heavy atom. The maximum Gasteiger partial charge on any atom is 0.411 e. The van der Waals surface area contributed by atoms with Crippen LogP contribution in [0.25, 0.3) is 0 Å². The van der Waals surface area contributed by atoms with Crippen molar-refractivity contribution in [3.63, 3.8) is 0 Å². The van der Waals surface area contributed by atoms with E-state index < -0.39 is 12.8 Å². The molecule has 1 unspecified atom stereocenters. The van der Waals surface area contributed by atoms with Crippen molar-refractivity contribution < 1.29 is 17.9 Å². The van der Waals surface area contributed by atoms with Gasteiger partial charge in [0.1, 0.15) is 6.61 Å². The molecule has 0 spiro atoms. The first-order valence-corrected chi connectivity index (χ1v) is 11.4. The average molecular weight is 431 g/mol. The summed E-state index contributed by atoms with van der Waals surface area (Å²) in [6.07, 6.45) is 3.59. The summed E-state index contributed by atoms with van der Waals surface area (Å²) >= 11 is 0. The zero-order valence-corrected chi connectivity index (χ0v) is 18.6. The van der Waals surface area contributed by atoms with E-state index in [-0.39, 0.29) is 12.0 Å². The highest BCUT2D eigenvalue weighted by atomic mass is 19.4. The van der Waals surface area contributed by atoms with Gasteiger partial charge >= 0.3 is 6.18 Å². The van der Waals surface area contributed by atoms with Crippen LogP contribution < -0.4 is 10.6 Å². The number of ether oxygens (including phenoxy) is 1. The van der Waals surface area contributed by atoms with Crippen LogP contribution in [0.3, 0.4) is 0 Å². The monoisotopic (exact) mass is 430 g/mol. The van der Waals surface area contributed by atoms with Crippen LogP contribution >= 0.6 is 0 Å². The Balaban J connectivity index is 1.70. The number of likely N-dealkylation sites (N-methyl/N-ethyl adjacent to an activating group) is 2. The fraction of sp³-hybridized carbons (Fsp3) is 0.864. The van der Waals surface area contributed by atoms with Crippen molar-refractivity contribution in [3.05, 3.63) is 17.0 Å². The molecule has 8 heteroatoms. The largest absolute Gasteiger partial charge is 0.411 e. The number of hydrogen-bond donors (Lipinski definition) is 2. The number of nitrogens with one attached hydrogen (secondary N) is 2. The van der Waals surface area contributed by atoms with Gasteiger partial charge in [-0.3, -0.25) is 4.68 Å². The summed E-state index contributed by atoms with van der Waals surface area (Å²) in [5.74, 6) is 0.455. The molecular weight excluding hydrogens is 393 g/mol. The molecule has 0 bridgehead atoms. The number of nitrogens with zero attached hydrogens (tertiary/aromatic N) is 2. The van der Waals surface area contributed by atoms with Crippen molar-refractivity contribution >= 4 is 0 Å². The van der Waals surface area contributed by atoms with Crippen molar-refractivity contribution in [3.8, 4) is 0 Å². The molecule has 5 nitrogen and oxygen atoms in total. The molecule has 1 aromatic heterocycles. The van der Waals surface area contributed by atoms with Crippen LogP contribution in [0.5, 0.6) is 0 Å². The maximum atomic E-state index is 12.5. The lowest BCUT2D eigenvalue weighted by Gasteiger charge is -2.40. The van der Waals surface area contributed by atoms with Gasteiger partial charge in [0.05, 0.1) is 12.3 Å². The Kier molecular flexibility index (Phi) is 7.85. The molecule has 30 heavy (non-hydrogen) atoms. The molecule has 172 valence electrons. The topological polar surface area (TPSA) is 51.1 Å². The molecule has 1 atom stereocenters. The van der Waals surface area contributed by atoms with Gasteiger partial charge in [-0.05, 0) is 75.9 Å². The second kappa shape index (κ2) is 10.0. The maximum absolute atomic E-state index is 12.5. The third-order valence-electron chi connectivity index (χ3n) is 7.14. The van der Waals surface area contributed by atoms with Crippen LogP contribution in [-0.2, 0) is 24.1 Å². The van der Waals surface area contributed by atoms with Gasteiger partial charge in [0, 0.05) is 31.2 Å². The lowest BCUT2D eigenvalue weighted by molar-refractivity contribution is -0.182. The quantitative estimate of drug-likeness (QED) is 0.593. The number of alkyl halides is 3. The highest BCUT2D eigenvalue weighted by Gasteiger charge is 2.38. The lowest BCUT2D eigenvalue weighted by atomic mass is 9.67. The predicted octanol–water partition coefficient (Wildman–Crippen LogP) is 3.81. The molecule has 2 heterocycles. The van der Waals surface area contributed by atoms with Crippen LogP contribution in [0, 0.1) is 5.41 Å². The van der Waals surface area contributed by atoms with Crippen LogP contribution in [0.2, 0.25) is 0 Å². The molecule has 1 saturated carbocycles. The number of rotatable bonds is 10. The molecule has 2 aliphatic rings. The average Bonchev–Trinajstić information content (AvgIpc) is 3.28. The summed E-state index contributed by atoms with van der Waals surface area (Å²) < 4.78 is 44.8. The number of fused-ring (bicyclic) bond motifs is 1. The first kappa shape index (κ1) is 23.5. The summed E-state index contributed by atoms with van der Waals surface area (Å²) in [5.41, 5.74) is 3.91. The standard InChI is InChI=1S/C22H37F3N4O/c1-4-21(14-30-15-22(23,24)25)9-7-16(8-10-21)20-18(12-17(27-3)13-26-2)28-29-11-5-6-19(20)29/h16-17,26-27H,4-15H2,1-3H3. The van der Waals surface area contributed by atoms with Crippen LogP contribution in [0.4, 0.5) is 13.2 Å². The number of hydrogen-bond acceptors (Lipinski definition) is 4. The fourth-order valence-electron chi connectivity index (χ4n) is 5.29. The van der Waals surface area contributed by atoms with Crippen molar-refractivity contribution in [2.24, 2.45) is 5.41 Å². The SMILES string of the molecule is CCC1(COCC(F)(F)F)CCC(c2c(CC(CNC)NC)nn3c2CCC3)CC1. The Labute approximate surface area is 178 Å². The number of aromatic nitrogens is 2. The summed E-state index contributed by atoms with van der Waals surface area (Å²) in [5, 5.41) is 11.6. The Morgan fingerprint density at radius 1 is 1.27 bits per heavy atom. The van der Waals surface area contributed by atoms with Crippen molar-refractivity contribution in [1.82, 2.24) is 20.4 Å². The highest BCUT2D eigenvalue weighted by Crippen LogP contribution is 2.47. The zero-order chi connectivity index (χ0) is 21.8. The summed E-state index contributed by atoms with van der Waals surface area (Å²) in [6.45, 7) is 3.03. The summed E-state index contributed by atoms with van der Waals surface area (Å²) in [6, 6.07) is 0.332. The molecule has 0 radical (unpaired) electrons. The van der Waals surface area contributed by atoms with Crippen LogP contribution in [0.1, 0.15) is 68.3 Å². The van der Waals surface area contributed by atoms with E-state index in [2.05, 4.69) is 22.2 Å². The molecule has 3 rings (SSSR count).